The highest BCUT2D eigenvalue weighted by atomic mass is 35.5. The van der Waals surface area contributed by atoms with Gasteiger partial charge in [0.1, 0.15) is 6.04 Å². The average Bonchev–Trinajstić information content (AvgIpc) is 3.05. The van der Waals surface area contributed by atoms with Crippen LogP contribution in [0.25, 0.3) is 11.4 Å². The molecule has 2 aromatic carbocycles. The van der Waals surface area contributed by atoms with Crippen molar-refractivity contribution in [1.29, 1.82) is 0 Å². The molecule has 0 aliphatic rings. The third kappa shape index (κ3) is 3.46. The Labute approximate surface area is 144 Å². The molecule has 1 amide bonds. The normalized spacial score (nSPS) is 12.0. The zero-order chi connectivity index (χ0) is 17.1. The molecule has 1 aromatic heterocycles. The Hall–Kier alpha value is -2.66. The maximum absolute atomic E-state index is 12.3. The summed E-state index contributed by atoms with van der Waals surface area (Å²) in [5, 5.41) is 7.34. The molecule has 0 bridgehead atoms. The maximum atomic E-state index is 12.3. The van der Waals surface area contributed by atoms with Crippen molar-refractivity contribution >= 4 is 17.5 Å². The first-order chi connectivity index (χ1) is 11.5. The van der Waals surface area contributed by atoms with Crippen LogP contribution in [0.4, 0.5) is 0 Å². The molecule has 0 spiro atoms. The van der Waals surface area contributed by atoms with Gasteiger partial charge in [-0.05, 0) is 37.6 Å². The second-order valence-electron chi connectivity index (χ2n) is 5.48. The number of hydrogen-bond acceptors (Lipinski definition) is 4. The average molecular weight is 342 g/mol. The van der Waals surface area contributed by atoms with Crippen LogP contribution < -0.4 is 5.32 Å². The fraction of sp³-hybridized carbons (Fsp3) is 0.167. The standard InChI is InChI=1S/C18H16ClN3O2/c1-11-6-3-4-9-15(11)16-21-18(24-22-16)12(2)20-17(23)13-7-5-8-14(19)10-13/h3-10,12H,1-2H3,(H,20,23). The predicted octanol–water partition coefficient (Wildman–Crippen LogP) is 4.19. The van der Waals surface area contributed by atoms with Crippen molar-refractivity contribution in [3.8, 4) is 11.4 Å². The molecule has 122 valence electrons. The van der Waals surface area contributed by atoms with Crippen LogP contribution >= 0.6 is 11.6 Å². The minimum absolute atomic E-state index is 0.249. The Morgan fingerprint density at radius 3 is 2.75 bits per heavy atom. The van der Waals surface area contributed by atoms with E-state index < -0.39 is 6.04 Å². The molecule has 1 heterocycles. The summed E-state index contributed by atoms with van der Waals surface area (Å²) in [6.45, 7) is 3.77. The highest BCUT2D eigenvalue weighted by molar-refractivity contribution is 6.30. The lowest BCUT2D eigenvalue weighted by Crippen LogP contribution is -2.26. The first-order valence-corrected chi connectivity index (χ1v) is 7.88. The van der Waals surface area contributed by atoms with Gasteiger partial charge >= 0.3 is 0 Å². The molecule has 0 aliphatic heterocycles. The quantitative estimate of drug-likeness (QED) is 0.772. The molecule has 1 N–H and O–H groups in total. The van der Waals surface area contributed by atoms with Crippen molar-refractivity contribution < 1.29 is 9.32 Å². The zero-order valence-corrected chi connectivity index (χ0v) is 14.0. The number of aromatic nitrogens is 2. The van der Waals surface area contributed by atoms with Crippen molar-refractivity contribution in [2.75, 3.05) is 0 Å². The number of benzene rings is 2. The molecular weight excluding hydrogens is 326 g/mol. The summed E-state index contributed by atoms with van der Waals surface area (Å²) in [7, 11) is 0. The fourth-order valence-corrected chi connectivity index (χ4v) is 2.51. The Morgan fingerprint density at radius 1 is 1.21 bits per heavy atom. The van der Waals surface area contributed by atoms with Crippen LogP contribution in [0.3, 0.4) is 0 Å². The summed E-state index contributed by atoms with van der Waals surface area (Å²) in [4.78, 5) is 16.6. The van der Waals surface area contributed by atoms with Crippen LogP contribution in [0.1, 0.15) is 34.8 Å². The molecule has 6 heteroatoms. The molecule has 0 aliphatic carbocycles. The summed E-state index contributed by atoms with van der Waals surface area (Å²) in [5.74, 6) is 0.608. The summed E-state index contributed by atoms with van der Waals surface area (Å²) >= 11 is 5.91. The van der Waals surface area contributed by atoms with E-state index in [-0.39, 0.29) is 5.91 Å². The van der Waals surface area contributed by atoms with E-state index in [2.05, 4.69) is 15.5 Å². The van der Waals surface area contributed by atoms with Crippen molar-refractivity contribution in [2.45, 2.75) is 19.9 Å². The molecule has 1 unspecified atom stereocenters. The lowest BCUT2D eigenvalue weighted by molar-refractivity contribution is 0.0932. The number of amides is 1. The van der Waals surface area contributed by atoms with E-state index >= 15 is 0 Å². The molecule has 5 nitrogen and oxygen atoms in total. The number of carbonyl (C=O) groups is 1. The number of carbonyl (C=O) groups excluding carboxylic acids is 1. The SMILES string of the molecule is Cc1ccccc1-c1noc(C(C)NC(=O)c2cccc(Cl)c2)n1. The molecule has 0 radical (unpaired) electrons. The van der Waals surface area contributed by atoms with Crippen molar-refractivity contribution in [3.05, 3.63) is 70.6 Å². The Bertz CT molecular complexity index is 876. The molecule has 3 aromatic rings. The highest BCUT2D eigenvalue weighted by Crippen LogP contribution is 2.22. The van der Waals surface area contributed by atoms with E-state index in [4.69, 9.17) is 16.1 Å². The summed E-state index contributed by atoms with van der Waals surface area (Å²) in [6, 6.07) is 14.1. The second-order valence-corrected chi connectivity index (χ2v) is 5.91. The Balaban J connectivity index is 1.75. The van der Waals surface area contributed by atoms with Gasteiger partial charge in [-0.1, -0.05) is 47.1 Å². The lowest BCUT2D eigenvalue weighted by Gasteiger charge is -2.09. The molecule has 0 saturated carbocycles. The first-order valence-electron chi connectivity index (χ1n) is 7.50. The zero-order valence-electron chi connectivity index (χ0n) is 13.3. The summed E-state index contributed by atoms with van der Waals surface area (Å²) < 4.78 is 5.29. The number of rotatable bonds is 4. The largest absolute Gasteiger partial charge is 0.341 e. The Morgan fingerprint density at radius 2 is 2.00 bits per heavy atom. The molecular formula is C18H16ClN3O2. The van der Waals surface area contributed by atoms with Crippen LogP contribution in [0.5, 0.6) is 0 Å². The second kappa shape index (κ2) is 6.84. The van der Waals surface area contributed by atoms with Gasteiger partial charge in [-0.15, -0.1) is 0 Å². The van der Waals surface area contributed by atoms with E-state index in [1.54, 1.807) is 31.2 Å². The lowest BCUT2D eigenvalue weighted by atomic mass is 10.1. The van der Waals surface area contributed by atoms with Gasteiger partial charge in [0.25, 0.3) is 5.91 Å². The fourth-order valence-electron chi connectivity index (χ4n) is 2.32. The van der Waals surface area contributed by atoms with E-state index in [0.29, 0.717) is 22.3 Å². The van der Waals surface area contributed by atoms with Gasteiger partial charge in [-0.2, -0.15) is 4.98 Å². The highest BCUT2D eigenvalue weighted by Gasteiger charge is 2.18. The van der Waals surface area contributed by atoms with Crippen molar-refractivity contribution in [2.24, 2.45) is 0 Å². The van der Waals surface area contributed by atoms with Crippen LogP contribution in [0.2, 0.25) is 5.02 Å². The third-order valence-corrected chi connectivity index (χ3v) is 3.87. The van der Waals surface area contributed by atoms with Gasteiger partial charge in [-0.25, -0.2) is 0 Å². The van der Waals surface area contributed by atoms with E-state index in [1.165, 1.54) is 0 Å². The maximum Gasteiger partial charge on any atom is 0.251 e. The number of nitrogens with zero attached hydrogens (tertiary/aromatic N) is 2. The van der Waals surface area contributed by atoms with Gasteiger partial charge in [0.05, 0.1) is 0 Å². The van der Waals surface area contributed by atoms with E-state index in [0.717, 1.165) is 11.1 Å². The summed E-state index contributed by atoms with van der Waals surface area (Å²) in [5.41, 5.74) is 2.44. The van der Waals surface area contributed by atoms with E-state index in [1.807, 2.05) is 31.2 Å². The topological polar surface area (TPSA) is 68.0 Å². The first kappa shape index (κ1) is 16.2. The Kier molecular flexibility index (Phi) is 4.62. The van der Waals surface area contributed by atoms with E-state index in [9.17, 15) is 4.79 Å². The molecule has 1 atom stereocenters. The number of hydrogen-bond donors (Lipinski definition) is 1. The smallest absolute Gasteiger partial charge is 0.251 e. The van der Waals surface area contributed by atoms with Crippen molar-refractivity contribution in [1.82, 2.24) is 15.5 Å². The molecule has 24 heavy (non-hydrogen) atoms. The summed E-state index contributed by atoms with van der Waals surface area (Å²) in [6.07, 6.45) is 0. The van der Waals surface area contributed by atoms with Gasteiger partial charge < -0.3 is 9.84 Å². The molecule has 3 rings (SSSR count). The third-order valence-electron chi connectivity index (χ3n) is 3.63. The van der Waals surface area contributed by atoms with Crippen LogP contribution in [0.15, 0.2) is 53.1 Å². The monoisotopic (exact) mass is 341 g/mol. The van der Waals surface area contributed by atoms with Crippen LogP contribution in [0, 0.1) is 6.92 Å². The van der Waals surface area contributed by atoms with Crippen molar-refractivity contribution in [3.63, 3.8) is 0 Å². The van der Waals surface area contributed by atoms with Gasteiger partial charge in [0.15, 0.2) is 0 Å². The molecule has 0 saturated heterocycles. The van der Waals surface area contributed by atoms with Gasteiger partial charge in [0, 0.05) is 16.1 Å². The van der Waals surface area contributed by atoms with Crippen LogP contribution in [-0.4, -0.2) is 16.0 Å². The minimum atomic E-state index is -0.415. The number of aryl methyl sites for hydroxylation is 1. The number of nitrogens with one attached hydrogen (secondary N) is 1. The molecule has 0 fully saturated rings. The van der Waals surface area contributed by atoms with Gasteiger partial charge in [-0.3, -0.25) is 4.79 Å². The van der Waals surface area contributed by atoms with Gasteiger partial charge in [0.2, 0.25) is 11.7 Å². The number of halogens is 1. The van der Waals surface area contributed by atoms with Crippen LogP contribution in [-0.2, 0) is 0 Å². The predicted molar refractivity (Wildman–Crippen MR) is 91.8 cm³/mol. The minimum Gasteiger partial charge on any atom is -0.341 e.